The summed E-state index contributed by atoms with van der Waals surface area (Å²) in [5.74, 6) is 0.958. The number of carbonyl (C=O) groups excluding carboxylic acids is 2. The molecule has 0 radical (unpaired) electrons. The first-order chi connectivity index (χ1) is 13.6. The van der Waals surface area contributed by atoms with Gasteiger partial charge in [-0.05, 0) is 35.4 Å². The van der Waals surface area contributed by atoms with Crippen LogP contribution < -0.4 is 5.32 Å². The number of rotatable bonds is 4. The van der Waals surface area contributed by atoms with Gasteiger partial charge in [-0.15, -0.1) is 11.8 Å². The summed E-state index contributed by atoms with van der Waals surface area (Å²) >= 11 is 1.61. The fraction of sp³-hybridized carbons (Fsp3) is 0.217. The van der Waals surface area contributed by atoms with Gasteiger partial charge < -0.3 is 10.2 Å². The van der Waals surface area contributed by atoms with E-state index in [0.29, 0.717) is 17.2 Å². The zero-order valence-electron chi connectivity index (χ0n) is 15.7. The number of hydrogen-bond donors (Lipinski definition) is 1. The average Bonchev–Trinajstić information content (AvgIpc) is 3.23. The predicted octanol–water partition coefficient (Wildman–Crippen LogP) is 4.23. The maximum atomic E-state index is 13.0. The number of carbonyl (C=O) groups is 2. The number of hydrogen-bond acceptors (Lipinski definition) is 3. The second-order valence-corrected chi connectivity index (χ2v) is 7.96. The van der Waals surface area contributed by atoms with Crippen molar-refractivity contribution in [3.63, 3.8) is 0 Å². The van der Waals surface area contributed by atoms with Crippen molar-refractivity contribution in [3.05, 3.63) is 83.9 Å². The molecule has 5 heteroatoms. The summed E-state index contributed by atoms with van der Waals surface area (Å²) in [6, 6.07) is 22.8. The van der Waals surface area contributed by atoms with E-state index in [2.05, 4.69) is 23.5 Å². The molecule has 1 fully saturated rings. The number of fused-ring (bicyclic) bond motifs is 1. The summed E-state index contributed by atoms with van der Waals surface area (Å²) in [7, 11) is 0. The van der Waals surface area contributed by atoms with E-state index in [0.717, 1.165) is 16.3 Å². The van der Waals surface area contributed by atoms with Gasteiger partial charge in [-0.1, -0.05) is 60.7 Å². The van der Waals surface area contributed by atoms with Gasteiger partial charge >= 0.3 is 0 Å². The molecular formula is C23H22N2O2S. The molecule has 1 saturated heterocycles. The summed E-state index contributed by atoms with van der Waals surface area (Å²) in [6.45, 7) is 1.99. The van der Waals surface area contributed by atoms with Crippen molar-refractivity contribution >= 4 is 34.3 Å². The van der Waals surface area contributed by atoms with Crippen LogP contribution in [0, 0.1) is 0 Å². The fourth-order valence-electron chi connectivity index (χ4n) is 3.62. The van der Waals surface area contributed by atoms with Gasteiger partial charge in [-0.2, -0.15) is 0 Å². The Bertz CT molecular complexity index is 1000. The Hall–Kier alpha value is -2.79. The lowest BCUT2D eigenvalue weighted by atomic mass is 9.99. The van der Waals surface area contributed by atoms with Gasteiger partial charge in [0.2, 0.25) is 5.91 Å². The Morgan fingerprint density at radius 1 is 1.00 bits per heavy atom. The van der Waals surface area contributed by atoms with Crippen molar-refractivity contribution in [2.45, 2.75) is 19.0 Å². The molecule has 1 heterocycles. The monoisotopic (exact) mass is 390 g/mol. The van der Waals surface area contributed by atoms with Gasteiger partial charge in [0.25, 0.3) is 5.91 Å². The van der Waals surface area contributed by atoms with Crippen LogP contribution in [0.3, 0.4) is 0 Å². The van der Waals surface area contributed by atoms with Crippen LogP contribution in [0.25, 0.3) is 10.8 Å². The van der Waals surface area contributed by atoms with E-state index in [9.17, 15) is 9.59 Å². The third kappa shape index (κ3) is 3.62. The van der Waals surface area contributed by atoms with E-state index in [-0.39, 0.29) is 17.9 Å². The standard InChI is InChI=1S/C23H22N2O2S/c1-16(19-13-7-11-17-8-5-6-12-20(17)19)24-22(26)21-14-28-15-25(21)23(27)18-9-3-2-4-10-18/h2-13,16,21H,14-15H2,1H3,(H,24,26)/t16?,21-/m0/s1. The van der Waals surface area contributed by atoms with E-state index in [1.54, 1.807) is 28.8 Å². The molecule has 3 aromatic rings. The van der Waals surface area contributed by atoms with E-state index in [1.807, 2.05) is 49.4 Å². The molecule has 1 N–H and O–H groups in total. The van der Waals surface area contributed by atoms with Crippen LogP contribution in [-0.4, -0.2) is 34.4 Å². The minimum atomic E-state index is -0.449. The van der Waals surface area contributed by atoms with Crippen LogP contribution in [0.15, 0.2) is 72.8 Å². The highest BCUT2D eigenvalue weighted by atomic mass is 32.2. The third-order valence-corrected chi connectivity index (χ3v) is 6.13. The zero-order valence-corrected chi connectivity index (χ0v) is 16.5. The van der Waals surface area contributed by atoms with E-state index in [1.165, 1.54) is 0 Å². The number of amides is 2. The quantitative estimate of drug-likeness (QED) is 0.725. The van der Waals surface area contributed by atoms with Crippen molar-refractivity contribution in [1.82, 2.24) is 10.2 Å². The average molecular weight is 391 g/mol. The molecule has 1 unspecified atom stereocenters. The Morgan fingerprint density at radius 3 is 2.54 bits per heavy atom. The lowest BCUT2D eigenvalue weighted by Gasteiger charge is -2.25. The Kier molecular flexibility index (Phi) is 5.35. The van der Waals surface area contributed by atoms with Gasteiger partial charge in [0.15, 0.2) is 0 Å². The van der Waals surface area contributed by atoms with Crippen LogP contribution in [-0.2, 0) is 4.79 Å². The fourth-order valence-corrected chi connectivity index (χ4v) is 4.78. The van der Waals surface area contributed by atoms with Crippen molar-refractivity contribution in [2.24, 2.45) is 0 Å². The highest BCUT2D eigenvalue weighted by Gasteiger charge is 2.35. The summed E-state index contributed by atoms with van der Waals surface area (Å²) in [5.41, 5.74) is 1.70. The first kappa shape index (κ1) is 18.6. The van der Waals surface area contributed by atoms with E-state index in [4.69, 9.17) is 0 Å². The van der Waals surface area contributed by atoms with Gasteiger partial charge in [-0.3, -0.25) is 9.59 Å². The summed E-state index contributed by atoms with van der Waals surface area (Å²) in [4.78, 5) is 27.5. The van der Waals surface area contributed by atoms with Gasteiger partial charge in [-0.25, -0.2) is 0 Å². The van der Waals surface area contributed by atoms with Crippen molar-refractivity contribution in [2.75, 3.05) is 11.6 Å². The number of nitrogens with one attached hydrogen (secondary N) is 1. The highest BCUT2D eigenvalue weighted by molar-refractivity contribution is 7.99. The third-order valence-electron chi connectivity index (χ3n) is 5.12. The minimum absolute atomic E-state index is 0.0939. The lowest BCUT2D eigenvalue weighted by molar-refractivity contribution is -0.125. The highest BCUT2D eigenvalue weighted by Crippen LogP contribution is 2.26. The van der Waals surface area contributed by atoms with Crippen molar-refractivity contribution < 1.29 is 9.59 Å². The number of nitrogens with zero attached hydrogens (tertiary/aromatic N) is 1. The maximum Gasteiger partial charge on any atom is 0.255 e. The second-order valence-electron chi connectivity index (χ2n) is 6.96. The van der Waals surface area contributed by atoms with Gasteiger partial charge in [0.05, 0.1) is 11.9 Å². The molecule has 28 heavy (non-hydrogen) atoms. The van der Waals surface area contributed by atoms with Gasteiger partial charge in [0.1, 0.15) is 6.04 Å². The summed E-state index contributed by atoms with van der Waals surface area (Å²) in [5, 5.41) is 5.41. The van der Waals surface area contributed by atoms with Crippen molar-refractivity contribution in [1.29, 1.82) is 0 Å². The molecule has 1 aliphatic heterocycles. The molecule has 4 nitrogen and oxygen atoms in total. The molecule has 0 aliphatic carbocycles. The van der Waals surface area contributed by atoms with E-state index < -0.39 is 6.04 Å². The first-order valence-electron chi connectivity index (χ1n) is 9.37. The molecule has 3 aromatic carbocycles. The summed E-state index contributed by atoms with van der Waals surface area (Å²) < 4.78 is 0. The number of thioether (sulfide) groups is 1. The SMILES string of the molecule is CC(NC(=O)[C@@H]1CSCN1C(=O)c1ccccc1)c1cccc2ccccc12. The van der Waals surface area contributed by atoms with Gasteiger partial charge in [0, 0.05) is 11.3 Å². The molecule has 0 bridgehead atoms. The molecule has 2 atom stereocenters. The Labute approximate surface area is 168 Å². The second kappa shape index (κ2) is 8.07. The normalized spacial score (nSPS) is 17.5. The van der Waals surface area contributed by atoms with Crippen LogP contribution >= 0.6 is 11.8 Å². The van der Waals surface area contributed by atoms with Crippen LogP contribution in [0.4, 0.5) is 0 Å². The van der Waals surface area contributed by atoms with Crippen molar-refractivity contribution in [3.8, 4) is 0 Å². The molecule has 0 spiro atoms. The molecule has 142 valence electrons. The molecule has 0 aromatic heterocycles. The van der Waals surface area contributed by atoms with Crippen LogP contribution in [0.5, 0.6) is 0 Å². The Morgan fingerprint density at radius 2 is 1.71 bits per heavy atom. The van der Waals surface area contributed by atoms with Crippen LogP contribution in [0.2, 0.25) is 0 Å². The minimum Gasteiger partial charge on any atom is -0.348 e. The molecule has 2 amide bonds. The lowest BCUT2D eigenvalue weighted by Crippen LogP contribution is -2.47. The smallest absolute Gasteiger partial charge is 0.255 e. The maximum absolute atomic E-state index is 13.0. The van der Waals surface area contributed by atoms with E-state index >= 15 is 0 Å². The topological polar surface area (TPSA) is 49.4 Å². The summed E-state index contributed by atoms with van der Waals surface area (Å²) in [6.07, 6.45) is 0. The molecular weight excluding hydrogens is 368 g/mol. The first-order valence-corrected chi connectivity index (χ1v) is 10.5. The molecule has 1 aliphatic rings. The van der Waals surface area contributed by atoms with Crippen LogP contribution in [0.1, 0.15) is 28.9 Å². The molecule has 4 rings (SSSR count). The zero-order chi connectivity index (χ0) is 19.5. The Balaban J connectivity index is 1.51. The predicted molar refractivity (Wildman–Crippen MR) is 114 cm³/mol. The molecule has 0 saturated carbocycles. The number of benzene rings is 3. The largest absolute Gasteiger partial charge is 0.348 e.